The van der Waals surface area contributed by atoms with Crippen molar-refractivity contribution < 1.29 is 8.42 Å². The fourth-order valence-corrected chi connectivity index (χ4v) is 4.13. The van der Waals surface area contributed by atoms with Crippen molar-refractivity contribution in [1.29, 1.82) is 0 Å². The van der Waals surface area contributed by atoms with Gasteiger partial charge in [0, 0.05) is 17.1 Å². The van der Waals surface area contributed by atoms with Crippen molar-refractivity contribution in [3.05, 3.63) is 34.9 Å². The topological polar surface area (TPSA) is 46.2 Å². The second-order valence-electron chi connectivity index (χ2n) is 4.89. The highest BCUT2D eigenvalue weighted by molar-refractivity contribution is 7.91. The minimum atomic E-state index is -2.85. The van der Waals surface area contributed by atoms with E-state index in [4.69, 9.17) is 11.6 Å². The lowest BCUT2D eigenvalue weighted by molar-refractivity contribution is 0.437. The molecule has 100 valence electrons. The Morgan fingerprint density at radius 1 is 1.33 bits per heavy atom. The molecule has 0 bridgehead atoms. The molecule has 0 aromatic heterocycles. The van der Waals surface area contributed by atoms with Crippen LogP contribution in [-0.2, 0) is 9.84 Å². The van der Waals surface area contributed by atoms with Crippen LogP contribution in [0.3, 0.4) is 0 Å². The second kappa shape index (κ2) is 5.59. The van der Waals surface area contributed by atoms with Crippen LogP contribution in [0.25, 0.3) is 0 Å². The van der Waals surface area contributed by atoms with Gasteiger partial charge in [-0.3, -0.25) is 0 Å². The number of nitrogens with one attached hydrogen (secondary N) is 1. The van der Waals surface area contributed by atoms with E-state index in [0.29, 0.717) is 10.8 Å². The summed E-state index contributed by atoms with van der Waals surface area (Å²) in [5, 5.41) is 4.10. The average Bonchev–Trinajstić information content (AvgIpc) is 2.28. The lowest BCUT2D eigenvalue weighted by Crippen LogP contribution is -2.41. The van der Waals surface area contributed by atoms with Crippen molar-refractivity contribution in [3.8, 4) is 0 Å². The van der Waals surface area contributed by atoms with Gasteiger partial charge in [-0.15, -0.1) is 0 Å². The fourth-order valence-electron chi connectivity index (χ4n) is 2.36. The van der Waals surface area contributed by atoms with Crippen LogP contribution in [0, 0.1) is 0 Å². The van der Waals surface area contributed by atoms with E-state index in [9.17, 15) is 8.42 Å². The summed E-state index contributed by atoms with van der Waals surface area (Å²) >= 11 is 5.85. The van der Waals surface area contributed by atoms with Gasteiger partial charge in [0.15, 0.2) is 9.84 Å². The summed E-state index contributed by atoms with van der Waals surface area (Å²) in [6.07, 6.45) is 1.69. The summed E-state index contributed by atoms with van der Waals surface area (Å²) in [5.74, 6) is 0.589. The van der Waals surface area contributed by atoms with E-state index in [2.05, 4.69) is 5.32 Å². The lowest BCUT2D eigenvalue weighted by atomic mass is 10.1. The van der Waals surface area contributed by atoms with Gasteiger partial charge in [-0.2, -0.15) is 0 Å². The Balaban J connectivity index is 1.99. The van der Waals surface area contributed by atoms with Crippen LogP contribution in [-0.4, -0.2) is 26.0 Å². The zero-order chi connectivity index (χ0) is 13.2. The molecule has 1 aromatic rings. The predicted molar refractivity (Wildman–Crippen MR) is 74.7 cm³/mol. The average molecular weight is 288 g/mol. The highest BCUT2D eigenvalue weighted by atomic mass is 35.5. The van der Waals surface area contributed by atoms with Gasteiger partial charge in [0.05, 0.1) is 11.5 Å². The summed E-state index contributed by atoms with van der Waals surface area (Å²) in [5.41, 5.74) is 1.13. The first-order valence-corrected chi connectivity index (χ1v) is 8.38. The van der Waals surface area contributed by atoms with Crippen molar-refractivity contribution in [2.75, 3.05) is 11.5 Å². The van der Waals surface area contributed by atoms with Gasteiger partial charge in [-0.05, 0) is 37.5 Å². The Morgan fingerprint density at radius 2 is 2.00 bits per heavy atom. The van der Waals surface area contributed by atoms with Gasteiger partial charge in [0.25, 0.3) is 0 Å². The van der Waals surface area contributed by atoms with Gasteiger partial charge in [-0.1, -0.05) is 23.7 Å². The number of halogens is 1. The molecule has 0 amide bonds. The summed E-state index contributed by atoms with van der Waals surface area (Å²) < 4.78 is 23.1. The molecule has 0 aliphatic carbocycles. The molecule has 1 saturated heterocycles. The van der Waals surface area contributed by atoms with Crippen LogP contribution in [0.5, 0.6) is 0 Å². The van der Waals surface area contributed by atoms with Crippen molar-refractivity contribution in [3.63, 3.8) is 0 Å². The maximum Gasteiger partial charge on any atom is 0.151 e. The number of hydrogen-bond donors (Lipinski definition) is 1. The Morgan fingerprint density at radius 3 is 2.61 bits per heavy atom. The molecule has 1 aromatic carbocycles. The third-order valence-corrected chi connectivity index (χ3v) is 5.39. The molecular weight excluding hydrogens is 270 g/mol. The van der Waals surface area contributed by atoms with Crippen LogP contribution in [0.4, 0.5) is 0 Å². The summed E-state index contributed by atoms with van der Waals surface area (Å²) in [7, 11) is -2.85. The Bertz CT molecular complexity index is 498. The van der Waals surface area contributed by atoms with Crippen LogP contribution in [0.15, 0.2) is 24.3 Å². The van der Waals surface area contributed by atoms with E-state index < -0.39 is 9.84 Å². The van der Waals surface area contributed by atoms with E-state index in [1.54, 1.807) is 0 Å². The SMILES string of the molecule is C[C@H](NC1CCCS(=O)(=O)C1)c1ccc(Cl)cc1. The normalized spacial score (nSPS) is 24.7. The Labute approximate surface area is 113 Å². The quantitative estimate of drug-likeness (QED) is 0.929. The highest BCUT2D eigenvalue weighted by Gasteiger charge is 2.25. The summed E-state index contributed by atoms with van der Waals surface area (Å²) in [6, 6.07) is 7.85. The largest absolute Gasteiger partial charge is 0.306 e. The molecule has 5 heteroatoms. The molecule has 1 unspecified atom stereocenters. The Hall–Kier alpha value is -0.580. The first-order chi connectivity index (χ1) is 8.46. The predicted octanol–water partition coefficient (Wildman–Crippen LogP) is 2.57. The first kappa shape index (κ1) is 13.8. The van der Waals surface area contributed by atoms with Crippen molar-refractivity contribution in [1.82, 2.24) is 5.32 Å². The molecular formula is C13H18ClNO2S. The summed E-state index contributed by atoms with van der Waals surface area (Å²) in [6.45, 7) is 2.05. The zero-order valence-corrected chi connectivity index (χ0v) is 12.0. The lowest BCUT2D eigenvalue weighted by Gasteiger charge is -2.26. The number of hydrogen-bond acceptors (Lipinski definition) is 3. The third-order valence-electron chi connectivity index (χ3n) is 3.32. The van der Waals surface area contributed by atoms with Gasteiger partial charge in [0.2, 0.25) is 0 Å². The maximum absolute atomic E-state index is 11.6. The maximum atomic E-state index is 11.6. The molecule has 1 heterocycles. The smallest absolute Gasteiger partial charge is 0.151 e. The molecule has 1 aliphatic heterocycles. The van der Waals surface area contributed by atoms with Gasteiger partial charge >= 0.3 is 0 Å². The fraction of sp³-hybridized carbons (Fsp3) is 0.538. The third kappa shape index (κ3) is 3.70. The van der Waals surface area contributed by atoms with E-state index in [-0.39, 0.29) is 17.8 Å². The van der Waals surface area contributed by atoms with Crippen LogP contribution in [0.1, 0.15) is 31.4 Å². The summed E-state index contributed by atoms with van der Waals surface area (Å²) in [4.78, 5) is 0. The molecule has 2 rings (SSSR count). The molecule has 3 nitrogen and oxygen atoms in total. The molecule has 0 radical (unpaired) electrons. The minimum Gasteiger partial charge on any atom is -0.306 e. The van der Waals surface area contributed by atoms with Crippen molar-refractivity contribution in [2.24, 2.45) is 0 Å². The van der Waals surface area contributed by atoms with Gasteiger partial charge in [0.1, 0.15) is 0 Å². The molecule has 0 saturated carbocycles. The number of benzene rings is 1. The first-order valence-electron chi connectivity index (χ1n) is 6.18. The van der Waals surface area contributed by atoms with Crippen molar-refractivity contribution >= 4 is 21.4 Å². The standard InChI is InChI=1S/C13H18ClNO2S/c1-10(11-4-6-12(14)7-5-11)15-13-3-2-8-18(16,17)9-13/h4-7,10,13,15H,2-3,8-9H2,1H3/t10-,13?/m0/s1. The van der Waals surface area contributed by atoms with E-state index in [1.807, 2.05) is 31.2 Å². The molecule has 2 atom stereocenters. The zero-order valence-electron chi connectivity index (χ0n) is 10.4. The van der Waals surface area contributed by atoms with Crippen LogP contribution < -0.4 is 5.32 Å². The molecule has 1 aliphatic rings. The van der Waals surface area contributed by atoms with Crippen molar-refractivity contribution in [2.45, 2.75) is 31.8 Å². The monoisotopic (exact) mass is 287 g/mol. The molecule has 1 N–H and O–H groups in total. The minimum absolute atomic E-state index is 0.0643. The number of rotatable bonds is 3. The van der Waals surface area contributed by atoms with E-state index >= 15 is 0 Å². The van der Waals surface area contributed by atoms with Gasteiger partial charge in [-0.25, -0.2) is 8.42 Å². The second-order valence-corrected chi connectivity index (χ2v) is 7.56. The highest BCUT2D eigenvalue weighted by Crippen LogP contribution is 2.19. The Kier molecular flexibility index (Phi) is 4.30. The van der Waals surface area contributed by atoms with Gasteiger partial charge < -0.3 is 5.32 Å². The molecule has 18 heavy (non-hydrogen) atoms. The van der Waals surface area contributed by atoms with E-state index in [0.717, 1.165) is 18.4 Å². The number of sulfone groups is 1. The van der Waals surface area contributed by atoms with E-state index in [1.165, 1.54) is 0 Å². The van der Waals surface area contributed by atoms with Crippen LogP contribution in [0.2, 0.25) is 5.02 Å². The molecule has 0 spiro atoms. The molecule has 1 fully saturated rings. The van der Waals surface area contributed by atoms with Crippen LogP contribution >= 0.6 is 11.6 Å².